The summed E-state index contributed by atoms with van der Waals surface area (Å²) in [6.45, 7) is 33.6. The van der Waals surface area contributed by atoms with E-state index in [1.807, 2.05) is 36.5 Å². The van der Waals surface area contributed by atoms with Crippen molar-refractivity contribution in [1.29, 1.82) is 0 Å². The zero-order valence-corrected chi connectivity index (χ0v) is 32.6. The zero-order valence-electron chi connectivity index (χ0n) is 30.6. The maximum atomic E-state index is 4.13. The molecule has 5 aromatic rings. The number of fused-ring (bicyclic) bond motifs is 4. The molecule has 5 aromatic carbocycles. The molecule has 0 aliphatic carbocycles. The number of aryl methyl sites for hydroxylation is 4. The number of allylic oxidation sites excluding steroid dienone is 6. The lowest BCUT2D eigenvalue weighted by Crippen LogP contribution is -2.30. The summed E-state index contributed by atoms with van der Waals surface area (Å²) in [5.41, 5.74) is 15.0. The van der Waals surface area contributed by atoms with Gasteiger partial charge in [-0.3, -0.25) is 0 Å². The highest BCUT2D eigenvalue weighted by molar-refractivity contribution is 6.89. The van der Waals surface area contributed by atoms with E-state index in [4.69, 9.17) is 0 Å². The number of benzene rings is 5. The molecule has 0 atom stereocenters. The van der Waals surface area contributed by atoms with Gasteiger partial charge in [0.05, 0.1) is 0 Å². The highest BCUT2D eigenvalue weighted by Crippen LogP contribution is 2.40. The van der Waals surface area contributed by atoms with Crippen LogP contribution in [0.2, 0.25) is 36.3 Å². The Balaban J connectivity index is 2.08. The first-order valence-corrected chi connectivity index (χ1v) is 22.9. The molecule has 0 radical (unpaired) electrons. The molecule has 0 saturated carbocycles. The fourth-order valence-corrected chi connectivity index (χ4v) is 13.3. The quantitative estimate of drug-likeness (QED) is 0.0532. The Morgan fingerprint density at radius 2 is 0.620 bits per heavy atom. The van der Waals surface area contributed by atoms with E-state index in [1.165, 1.54) is 43.8 Å². The van der Waals surface area contributed by atoms with Crippen molar-refractivity contribution in [2.75, 3.05) is 0 Å². The van der Waals surface area contributed by atoms with Gasteiger partial charge in [0.1, 0.15) is 16.1 Å². The summed E-state index contributed by atoms with van der Waals surface area (Å²) in [6, 6.07) is 23.8. The minimum atomic E-state index is -2.15. The molecule has 0 amide bonds. The summed E-state index contributed by atoms with van der Waals surface area (Å²) in [6.07, 6.45) is 12.2. The first-order valence-electron chi connectivity index (χ1n) is 17.7. The van der Waals surface area contributed by atoms with Crippen molar-refractivity contribution < 1.29 is 0 Å². The predicted octanol–water partition coefficient (Wildman–Crippen LogP) is 13.3. The highest BCUT2D eigenvalue weighted by Gasteiger charge is 2.29. The van der Waals surface area contributed by atoms with Gasteiger partial charge >= 0.3 is 0 Å². The lowest BCUT2D eigenvalue weighted by atomic mass is 9.86. The normalized spacial score (nSPS) is 11.4. The fraction of sp³-hybridized carbons (Fsp3) is 0.208. The Bertz CT molecular complexity index is 2010. The maximum absolute atomic E-state index is 4.13. The molecule has 0 fully saturated rings. The van der Waals surface area contributed by atoms with E-state index in [0.29, 0.717) is 0 Å². The molecule has 0 N–H and O–H groups in total. The van der Waals surface area contributed by atoms with E-state index in [2.05, 4.69) is 139 Å². The van der Waals surface area contributed by atoms with Gasteiger partial charge < -0.3 is 0 Å². The molecular weight excluding hydrogens is 633 g/mol. The Kier molecular flexibility index (Phi) is 11.2. The minimum absolute atomic E-state index is 0.891. The Labute approximate surface area is 302 Å². The predicted molar refractivity (Wildman–Crippen MR) is 231 cm³/mol. The first kappa shape index (κ1) is 36.4. The molecule has 0 aliphatic heterocycles. The van der Waals surface area contributed by atoms with Gasteiger partial charge in [-0.05, 0) is 154 Å². The van der Waals surface area contributed by atoms with Crippen LogP contribution >= 0.6 is 0 Å². The Hall–Kier alpha value is -4.87. The second-order valence-corrected chi connectivity index (χ2v) is 22.1. The van der Waals surface area contributed by atoms with E-state index in [-0.39, 0.29) is 0 Å². The molecule has 0 saturated heterocycles. The van der Waals surface area contributed by atoms with Crippen LogP contribution in [0.4, 0.5) is 0 Å². The molecule has 0 heterocycles. The second kappa shape index (κ2) is 15.4. The zero-order chi connectivity index (χ0) is 36.1. The van der Waals surface area contributed by atoms with Crippen LogP contribution in [0.25, 0.3) is 43.1 Å². The van der Waals surface area contributed by atoms with Gasteiger partial charge in [-0.15, -0.1) is 50.6 Å². The summed E-state index contributed by atoms with van der Waals surface area (Å²) in [4.78, 5) is 0. The molecule has 0 spiro atoms. The molecule has 0 bridgehead atoms. The average Bonchev–Trinajstić information content (AvgIpc) is 3.09. The lowest BCUT2D eigenvalue weighted by Gasteiger charge is -2.22. The van der Waals surface area contributed by atoms with Crippen molar-refractivity contribution in [2.24, 2.45) is 0 Å². The molecule has 0 aliphatic rings. The number of hydrogen-bond acceptors (Lipinski definition) is 0. The summed E-state index contributed by atoms with van der Waals surface area (Å²) in [5, 5.41) is 9.65. The van der Waals surface area contributed by atoms with Crippen LogP contribution in [0.5, 0.6) is 0 Å². The van der Waals surface area contributed by atoms with Gasteiger partial charge in [0, 0.05) is 11.1 Å². The molecular formula is C48H50Si2. The SMILES string of the molecule is C=CC[Si](C#Cc1c2cc3c(C)ccc(C)c3cc2c(C#C[Si](CC=C)(CC=C)CC=C)c2cc3c(C)ccc(C)c3cc12)(CC=C)CC=C. The van der Waals surface area contributed by atoms with Crippen LogP contribution < -0.4 is 0 Å². The lowest BCUT2D eigenvalue weighted by molar-refractivity contribution is 1.40. The van der Waals surface area contributed by atoms with E-state index in [1.54, 1.807) is 0 Å². The first-order chi connectivity index (χ1) is 24.1. The van der Waals surface area contributed by atoms with Gasteiger partial charge in [0.2, 0.25) is 0 Å². The smallest absolute Gasteiger partial charge is 0.125 e. The standard InChI is InChI=1S/C48H50Si2/c1-11-23-49(24-12-2,25-13-3)29-21-39-45-31-41-35(7)17-19-37(9)43(41)33-47(45)40(22-30-50(26-14-4,27-15-5)28-16-6)48-34-44-38(10)20-18-36(8)42(44)32-46(39)48/h11-20,31-34H,1-6,23-28H2,7-10H3. The Morgan fingerprint density at radius 3 is 0.820 bits per heavy atom. The van der Waals surface area contributed by atoms with Crippen molar-refractivity contribution in [2.45, 2.75) is 64.0 Å². The molecule has 0 aromatic heterocycles. The van der Waals surface area contributed by atoms with Crippen LogP contribution in [-0.4, -0.2) is 16.1 Å². The van der Waals surface area contributed by atoms with Crippen LogP contribution in [0.1, 0.15) is 33.4 Å². The molecule has 5 rings (SSSR count). The molecule has 50 heavy (non-hydrogen) atoms. The van der Waals surface area contributed by atoms with Gasteiger partial charge in [-0.2, -0.15) is 0 Å². The topological polar surface area (TPSA) is 0 Å². The highest BCUT2D eigenvalue weighted by atomic mass is 28.3. The Morgan fingerprint density at radius 1 is 0.400 bits per heavy atom. The van der Waals surface area contributed by atoms with Crippen molar-refractivity contribution >= 4 is 59.2 Å². The van der Waals surface area contributed by atoms with E-state index >= 15 is 0 Å². The van der Waals surface area contributed by atoms with Crippen molar-refractivity contribution in [3.8, 4) is 22.9 Å². The summed E-state index contributed by atoms with van der Waals surface area (Å²) in [7, 11) is -4.29. The van der Waals surface area contributed by atoms with Crippen LogP contribution in [0.15, 0.2) is 124 Å². The van der Waals surface area contributed by atoms with Gasteiger partial charge in [-0.25, -0.2) is 0 Å². The summed E-state index contributed by atoms with van der Waals surface area (Å²) >= 11 is 0. The third-order valence-corrected chi connectivity index (χ3v) is 18.1. The van der Waals surface area contributed by atoms with Crippen molar-refractivity contribution in [3.05, 3.63) is 158 Å². The average molecular weight is 683 g/mol. The second-order valence-electron chi connectivity index (χ2n) is 14.1. The third kappa shape index (κ3) is 6.93. The van der Waals surface area contributed by atoms with E-state index in [0.717, 1.165) is 68.9 Å². The fourth-order valence-electron chi connectivity index (χ4n) is 7.60. The van der Waals surface area contributed by atoms with Crippen molar-refractivity contribution in [3.63, 3.8) is 0 Å². The van der Waals surface area contributed by atoms with Gasteiger partial charge in [0.25, 0.3) is 0 Å². The van der Waals surface area contributed by atoms with Crippen molar-refractivity contribution in [1.82, 2.24) is 0 Å². The molecule has 0 unspecified atom stereocenters. The van der Waals surface area contributed by atoms with Crippen LogP contribution in [-0.2, 0) is 0 Å². The summed E-state index contributed by atoms with van der Waals surface area (Å²) in [5.74, 6) is 7.75. The van der Waals surface area contributed by atoms with Crippen LogP contribution in [0, 0.1) is 50.6 Å². The largest absolute Gasteiger partial charge is 0.149 e. The third-order valence-electron chi connectivity index (χ3n) is 10.4. The van der Waals surface area contributed by atoms with E-state index in [9.17, 15) is 0 Å². The van der Waals surface area contributed by atoms with Gasteiger partial charge in [0.15, 0.2) is 0 Å². The monoisotopic (exact) mass is 682 g/mol. The molecule has 0 nitrogen and oxygen atoms in total. The van der Waals surface area contributed by atoms with Crippen LogP contribution in [0.3, 0.4) is 0 Å². The molecule has 2 heteroatoms. The van der Waals surface area contributed by atoms with Gasteiger partial charge in [-0.1, -0.05) is 72.6 Å². The van der Waals surface area contributed by atoms with E-state index < -0.39 is 16.1 Å². The maximum Gasteiger partial charge on any atom is 0.149 e. The summed E-state index contributed by atoms with van der Waals surface area (Å²) < 4.78 is 0. The minimum Gasteiger partial charge on any atom is -0.125 e. The molecule has 250 valence electrons. The number of hydrogen-bond donors (Lipinski definition) is 0. The number of rotatable bonds is 12.